The van der Waals surface area contributed by atoms with E-state index in [4.69, 9.17) is 20.9 Å². The fourth-order valence-corrected chi connectivity index (χ4v) is 5.92. The first-order valence-corrected chi connectivity index (χ1v) is 17.6. The van der Waals surface area contributed by atoms with Gasteiger partial charge in [0.15, 0.2) is 0 Å². The van der Waals surface area contributed by atoms with Crippen LogP contribution in [-0.4, -0.2) is 130 Å². The lowest BCUT2D eigenvalue weighted by Gasteiger charge is -2.35. The van der Waals surface area contributed by atoms with Crippen LogP contribution in [0.2, 0.25) is 0 Å². The van der Waals surface area contributed by atoms with Crippen LogP contribution in [0.4, 0.5) is 23.0 Å². The summed E-state index contributed by atoms with van der Waals surface area (Å²) in [6, 6.07) is 25.5. The maximum atomic E-state index is 12.1. The molecule has 2 amide bonds. The Kier molecular flexibility index (Phi) is 15.5. The van der Waals surface area contributed by atoms with Gasteiger partial charge in [0.05, 0.1) is 14.2 Å². The number of amides is 2. The van der Waals surface area contributed by atoms with Gasteiger partial charge in [0.1, 0.15) is 11.6 Å². The zero-order valence-electron chi connectivity index (χ0n) is 30.5. The van der Waals surface area contributed by atoms with Crippen LogP contribution >= 0.6 is 0 Å². The van der Waals surface area contributed by atoms with Crippen LogP contribution in [0.15, 0.2) is 84.9 Å². The lowest BCUT2D eigenvalue weighted by molar-refractivity contribution is 0.0939. The Labute approximate surface area is 311 Å². The second kappa shape index (κ2) is 20.4. The smallest absolute Gasteiger partial charge is 0.251 e. The third-order valence-corrected chi connectivity index (χ3v) is 9.00. The highest BCUT2D eigenvalue weighted by molar-refractivity contribution is 5.95. The van der Waals surface area contributed by atoms with E-state index in [1.807, 2.05) is 36.4 Å². The van der Waals surface area contributed by atoms with Crippen LogP contribution in [0.1, 0.15) is 20.7 Å². The van der Waals surface area contributed by atoms with Crippen molar-refractivity contribution in [3.05, 3.63) is 96.1 Å². The van der Waals surface area contributed by atoms with Crippen LogP contribution in [0.5, 0.6) is 11.8 Å². The van der Waals surface area contributed by atoms with Crippen LogP contribution < -0.4 is 41.4 Å². The van der Waals surface area contributed by atoms with Crippen molar-refractivity contribution in [2.24, 2.45) is 0 Å². The van der Waals surface area contributed by atoms with E-state index in [1.165, 1.54) is 0 Å². The molecule has 15 heteroatoms. The summed E-state index contributed by atoms with van der Waals surface area (Å²) in [4.78, 5) is 42.4. The first-order chi connectivity index (χ1) is 25.3. The maximum Gasteiger partial charge on any atom is 0.251 e. The molecule has 2 aliphatic rings. The van der Waals surface area contributed by atoms with Gasteiger partial charge >= 0.3 is 0 Å². The molecule has 15 nitrogen and oxygen atoms in total. The summed E-state index contributed by atoms with van der Waals surface area (Å²) in [6.45, 7) is 10.3. The molecule has 284 valence electrons. The molecule has 2 aromatic carbocycles. The van der Waals surface area contributed by atoms with E-state index in [2.05, 4.69) is 40.2 Å². The van der Waals surface area contributed by atoms with Gasteiger partial charge in [-0.05, 0) is 60.7 Å². The third kappa shape index (κ3) is 12.2. The summed E-state index contributed by atoms with van der Waals surface area (Å²) in [6.07, 6.45) is 0. The van der Waals surface area contributed by atoms with Gasteiger partial charge in [0, 0.05) is 113 Å². The average molecular weight is 729 g/mol. The number of methoxy groups -OCH3 is 2. The van der Waals surface area contributed by atoms with Crippen LogP contribution in [0.25, 0.3) is 0 Å². The molecule has 2 saturated heterocycles. The molecule has 0 spiro atoms. The fourth-order valence-electron chi connectivity index (χ4n) is 5.92. The zero-order chi connectivity index (χ0) is 36.7. The standard InChI is InChI=1S/2C19H25N5O2.H2O/c2*1-26-18-4-2-3-17(22-18)24-13-11-23(12-14-24)10-9-21-19(25)15-5-7-16(20)8-6-15;/h2*2-8H,9-14,20H2,1H3,(H,21,25);1H2. The summed E-state index contributed by atoms with van der Waals surface area (Å²) < 4.78 is 10.4. The van der Waals surface area contributed by atoms with Gasteiger partial charge in [-0.2, -0.15) is 9.97 Å². The second-order valence-corrected chi connectivity index (χ2v) is 12.5. The average Bonchev–Trinajstić information content (AvgIpc) is 3.19. The summed E-state index contributed by atoms with van der Waals surface area (Å²) in [7, 11) is 3.26. The molecule has 4 heterocycles. The number of hydrogen-bond donors (Lipinski definition) is 4. The fraction of sp³-hybridized carbons (Fsp3) is 0.368. The van der Waals surface area contributed by atoms with Crippen molar-refractivity contribution >= 4 is 34.8 Å². The van der Waals surface area contributed by atoms with E-state index in [9.17, 15) is 9.59 Å². The highest BCUT2D eigenvalue weighted by Gasteiger charge is 2.20. The minimum absolute atomic E-state index is 0. The minimum Gasteiger partial charge on any atom is -0.481 e. The molecule has 0 bridgehead atoms. The van der Waals surface area contributed by atoms with Crippen molar-refractivity contribution in [2.75, 3.05) is 114 Å². The lowest BCUT2D eigenvalue weighted by Crippen LogP contribution is -2.48. The van der Waals surface area contributed by atoms with Gasteiger partial charge < -0.3 is 46.9 Å². The molecule has 2 fully saturated rings. The highest BCUT2D eigenvalue weighted by Crippen LogP contribution is 2.18. The van der Waals surface area contributed by atoms with Crippen molar-refractivity contribution in [2.45, 2.75) is 0 Å². The molecular formula is C38H52N10O5. The Morgan fingerprint density at radius 1 is 0.585 bits per heavy atom. The number of carbonyl (C=O) groups is 2. The summed E-state index contributed by atoms with van der Waals surface area (Å²) in [5, 5.41) is 5.92. The van der Waals surface area contributed by atoms with Crippen LogP contribution in [-0.2, 0) is 0 Å². The Balaban J connectivity index is 0.000000232. The van der Waals surface area contributed by atoms with Crippen molar-refractivity contribution in [1.82, 2.24) is 30.4 Å². The van der Waals surface area contributed by atoms with E-state index in [-0.39, 0.29) is 17.3 Å². The SMILES string of the molecule is COc1cccc(N2CCN(CCNC(=O)c3ccc(N)cc3)CC2)n1.COc1cccc(N2CCN(CCNC(=O)c3ccc(N)cc3)CC2)n1.O. The van der Waals surface area contributed by atoms with Gasteiger partial charge in [0.2, 0.25) is 11.8 Å². The first-order valence-electron chi connectivity index (χ1n) is 17.6. The third-order valence-electron chi connectivity index (χ3n) is 9.00. The predicted octanol–water partition coefficient (Wildman–Crippen LogP) is 1.62. The second-order valence-electron chi connectivity index (χ2n) is 12.5. The number of nitrogens with one attached hydrogen (secondary N) is 2. The number of nitrogens with two attached hydrogens (primary N) is 2. The van der Waals surface area contributed by atoms with Crippen LogP contribution in [0, 0.1) is 0 Å². The summed E-state index contributed by atoms with van der Waals surface area (Å²) in [5.74, 6) is 3.03. The van der Waals surface area contributed by atoms with Gasteiger partial charge in [-0.15, -0.1) is 0 Å². The van der Waals surface area contributed by atoms with E-state index in [0.29, 0.717) is 47.4 Å². The molecular weight excluding hydrogens is 676 g/mol. The van der Waals surface area contributed by atoms with E-state index >= 15 is 0 Å². The van der Waals surface area contributed by atoms with E-state index < -0.39 is 0 Å². The van der Waals surface area contributed by atoms with Crippen LogP contribution in [0.3, 0.4) is 0 Å². The van der Waals surface area contributed by atoms with E-state index in [1.54, 1.807) is 62.8 Å². The number of pyridine rings is 2. The van der Waals surface area contributed by atoms with Crippen molar-refractivity contribution in [3.63, 3.8) is 0 Å². The molecule has 0 atom stereocenters. The van der Waals surface area contributed by atoms with Gasteiger partial charge in [0.25, 0.3) is 11.8 Å². The zero-order valence-corrected chi connectivity index (χ0v) is 30.5. The topological polar surface area (TPSA) is 199 Å². The molecule has 8 N–H and O–H groups in total. The number of hydrogen-bond acceptors (Lipinski definition) is 12. The Morgan fingerprint density at radius 2 is 0.943 bits per heavy atom. The number of benzene rings is 2. The molecule has 53 heavy (non-hydrogen) atoms. The van der Waals surface area contributed by atoms with Crippen molar-refractivity contribution in [3.8, 4) is 11.8 Å². The Morgan fingerprint density at radius 3 is 1.28 bits per heavy atom. The van der Waals surface area contributed by atoms with Gasteiger partial charge in [-0.25, -0.2) is 0 Å². The summed E-state index contributed by atoms with van der Waals surface area (Å²) >= 11 is 0. The molecule has 0 unspecified atom stereocenters. The van der Waals surface area contributed by atoms with Gasteiger partial charge in [-0.1, -0.05) is 12.1 Å². The van der Waals surface area contributed by atoms with Crippen molar-refractivity contribution < 1.29 is 24.5 Å². The lowest BCUT2D eigenvalue weighted by atomic mass is 10.2. The predicted molar refractivity (Wildman–Crippen MR) is 209 cm³/mol. The number of anilines is 4. The maximum absolute atomic E-state index is 12.1. The molecule has 0 saturated carbocycles. The highest BCUT2D eigenvalue weighted by atomic mass is 16.5. The number of aromatic nitrogens is 2. The largest absolute Gasteiger partial charge is 0.481 e. The molecule has 0 radical (unpaired) electrons. The Bertz CT molecular complexity index is 1580. The van der Waals surface area contributed by atoms with E-state index in [0.717, 1.165) is 77.1 Å². The molecule has 0 aliphatic carbocycles. The number of rotatable bonds is 12. The van der Waals surface area contributed by atoms with Crippen molar-refractivity contribution in [1.29, 1.82) is 0 Å². The summed E-state index contributed by atoms with van der Waals surface area (Å²) in [5.41, 5.74) is 13.9. The number of nitrogens with zero attached hydrogens (tertiary/aromatic N) is 6. The number of ether oxygens (including phenoxy) is 2. The number of carbonyl (C=O) groups excluding carboxylic acids is 2. The number of piperazine rings is 2. The molecule has 2 aromatic heterocycles. The monoisotopic (exact) mass is 728 g/mol. The molecule has 2 aliphatic heterocycles. The molecule has 6 rings (SSSR count). The molecule has 4 aromatic rings. The minimum atomic E-state index is -0.0655. The first kappa shape index (κ1) is 40.1. The Hall–Kier alpha value is -5.64. The van der Waals surface area contributed by atoms with Gasteiger partial charge in [-0.3, -0.25) is 19.4 Å². The normalized spacial score (nSPS) is 14.6. The number of nitrogen functional groups attached to an aromatic ring is 2. The quantitative estimate of drug-likeness (QED) is 0.154.